The van der Waals surface area contributed by atoms with Gasteiger partial charge in [-0.15, -0.1) is 11.3 Å². The number of hydrogen-bond acceptors (Lipinski definition) is 5. The summed E-state index contributed by atoms with van der Waals surface area (Å²) in [4.78, 5) is 6.50. The molecule has 0 radical (unpaired) electrons. The molecule has 0 bridgehead atoms. The van der Waals surface area contributed by atoms with Gasteiger partial charge in [0.15, 0.2) is 5.13 Å². The number of nitrogen functional groups attached to an aromatic ring is 1. The minimum absolute atomic E-state index is 0.648. The number of rotatable bonds is 5. The Morgan fingerprint density at radius 2 is 2.35 bits per heavy atom. The van der Waals surface area contributed by atoms with E-state index in [1.54, 1.807) is 0 Å². The van der Waals surface area contributed by atoms with Crippen LogP contribution in [0.4, 0.5) is 5.13 Å². The van der Waals surface area contributed by atoms with E-state index in [0.29, 0.717) is 5.13 Å². The number of aryl methyl sites for hydroxylation is 1. The number of aromatic nitrogens is 3. The largest absolute Gasteiger partial charge is 0.375 e. The minimum Gasteiger partial charge on any atom is -0.375 e. The molecule has 2 aromatic rings. The minimum atomic E-state index is 0.648. The van der Waals surface area contributed by atoms with Crippen molar-refractivity contribution >= 4 is 16.5 Å². The van der Waals surface area contributed by atoms with Crippen LogP contribution in [0.2, 0.25) is 0 Å². The Balaban J connectivity index is 1.79. The van der Waals surface area contributed by atoms with Crippen LogP contribution in [-0.2, 0) is 20.0 Å². The highest BCUT2D eigenvalue weighted by Crippen LogP contribution is 2.12. The van der Waals surface area contributed by atoms with E-state index in [-0.39, 0.29) is 0 Å². The molecular weight excluding hydrogens is 234 g/mol. The molecule has 0 aliphatic carbocycles. The first kappa shape index (κ1) is 12.1. The molecule has 2 rings (SSSR count). The first-order valence-corrected chi connectivity index (χ1v) is 6.37. The molecular formula is C11H17N5S. The van der Waals surface area contributed by atoms with Crippen molar-refractivity contribution in [1.29, 1.82) is 0 Å². The summed E-state index contributed by atoms with van der Waals surface area (Å²) < 4.78 is 1.82. The predicted octanol–water partition coefficient (Wildman–Crippen LogP) is 1.13. The lowest BCUT2D eigenvalue weighted by atomic mass is 10.3. The first-order chi connectivity index (χ1) is 8.13. The van der Waals surface area contributed by atoms with Crippen molar-refractivity contribution < 1.29 is 0 Å². The van der Waals surface area contributed by atoms with E-state index in [0.717, 1.165) is 25.2 Å². The second-order valence-corrected chi connectivity index (χ2v) is 5.08. The quantitative estimate of drug-likeness (QED) is 0.865. The van der Waals surface area contributed by atoms with Crippen LogP contribution in [0.1, 0.15) is 11.3 Å². The van der Waals surface area contributed by atoms with Gasteiger partial charge in [0.25, 0.3) is 0 Å². The van der Waals surface area contributed by atoms with Crippen molar-refractivity contribution in [1.82, 2.24) is 19.7 Å². The zero-order valence-electron chi connectivity index (χ0n) is 10.1. The van der Waals surface area contributed by atoms with Crippen molar-refractivity contribution in [2.24, 2.45) is 7.05 Å². The molecule has 6 heteroatoms. The highest BCUT2D eigenvalue weighted by atomic mass is 32.1. The topological polar surface area (TPSA) is 60.0 Å². The lowest BCUT2D eigenvalue weighted by molar-refractivity contribution is 0.330. The van der Waals surface area contributed by atoms with E-state index in [1.807, 2.05) is 29.5 Å². The van der Waals surface area contributed by atoms with Crippen molar-refractivity contribution in [2.75, 3.05) is 19.3 Å². The van der Waals surface area contributed by atoms with Gasteiger partial charge in [0.05, 0.1) is 11.9 Å². The fraction of sp³-hybridized carbons (Fsp3) is 0.455. The van der Waals surface area contributed by atoms with E-state index in [2.05, 4.69) is 22.0 Å². The van der Waals surface area contributed by atoms with Crippen LogP contribution in [0.15, 0.2) is 17.8 Å². The Bertz CT molecular complexity index is 476. The number of thiazole rings is 1. The molecule has 0 aromatic carbocycles. The normalized spacial score (nSPS) is 11.2. The van der Waals surface area contributed by atoms with Gasteiger partial charge in [-0.3, -0.25) is 4.68 Å². The maximum absolute atomic E-state index is 5.59. The molecule has 2 N–H and O–H groups in total. The van der Waals surface area contributed by atoms with Gasteiger partial charge in [0.2, 0.25) is 0 Å². The summed E-state index contributed by atoms with van der Waals surface area (Å²) in [5.74, 6) is 0. The number of nitrogens with zero attached hydrogens (tertiary/aromatic N) is 4. The van der Waals surface area contributed by atoms with Crippen LogP contribution in [0.25, 0.3) is 0 Å². The molecule has 0 amide bonds. The van der Waals surface area contributed by atoms with Crippen LogP contribution in [0.5, 0.6) is 0 Å². The van der Waals surface area contributed by atoms with Gasteiger partial charge in [-0.2, -0.15) is 5.10 Å². The number of nitrogens with two attached hydrogens (primary N) is 1. The SMILES string of the molecule is CN(CCc1csc(N)n1)Cc1cnn(C)c1. The number of likely N-dealkylation sites (N-methyl/N-ethyl adjacent to an activating group) is 1. The summed E-state index contributed by atoms with van der Waals surface area (Å²) in [5, 5.41) is 6.82. The monoisotopic (exact) mass is 251 g/mol. The Kier molecular flexibility index (Phi) is 3.75. The standard InChI is InChI=1S/C11H17N5S/c1-15(6-9-5-13-16(2)7-9)4-3-10-8-17-11(12)14-10/h5,7-8H,3-4,6H2,1-2H3,(H2,12,14). The third-order valence-corrected chi connectivity index (χ3v) is 3.25. The highest BCUT2D eigenvalue weighted by Gasteiger charge is 2.04. The fourth-order valence-corrected chi connectivity index (χ4v) is 2.28. The van der Waals surface area contributed by atoms with Crippen LogP contribution in [0, 0.1) is 0 Å². The Labute approximate surface area is 105 Å². The second-order valence-electron chi connectivity index (χ2n) is 4.19. The van der Waals surface area contributed by atoms with E-state index >= 15 is 0 Å². The molecule has 0 aliphatic heterocycles. The Morgan fingerprint density at radius 3 is 2.94 bits per heavy atom. The second kappa shape index (κ2) is 5.29. The molecule has 92 valence electrons. The van der Waals surface area contributed by atoms with Crippen molar-refractivity contribution in [3.63, 3.8) is 0 Å². The van der Waals surface area contributed by atoms with Gasteiger partial charge in [-0.1, -0.05) is 0 Å². The molecule has 0 spiro atoms. The molecule has 0 unspecified atom stereocenters. The van der Waals surface area contributed by atoms with Crippen LogP contribution < -0.4 is 5.73 Å². The average molecular weight is 251 g/mol. The van der Waals surface area contributed by atoms with Crippen LogP contribution >= 0.6 is 11.3 Å². The summed E-state index contributed by atoms with van der Waals surface area (Å²) in [6.07, 6.45) is 4.87. The molecule has 0 saturated heterocycles. The molecule has 2 heterocycles. The van der Waals surface area contributed by atoms with Gasteiger partial charge >= 0.3 is 0 Å². The molecule has 0 aliphatic rings. The van der Waals surface area contributed by atoms with Crippen molar-refractivity contribution in [3.8, 4) is 0 Å². The van der Waals surface area contributed by atoms with E-state index in [4.69, 9.17) is 5.73 Å². The average Bonchev–Trinajstić information content (AvgIpc) is 2.85. The van der Waals surface area contributed by atoms with Crippen LogP contribution in [0.3, 0.4) is 0 Å². The first-order valence-electron chi connectivity index (χ1n) is 5.49. The fourth-order valence-electron chi connectivity index (χ4n) is 1.69. The van der Waals surface area contributed by atoms with Crippen molar-refractivity contribution in [3.05, 3.63) is 29.0 Å². The molecule has 0 saturated carbocycles. The summed E-state index contributed by atoms with van der Waals surface area (Å²) in [5.41, 5.74) is 7.90. The smallest absolute Gasteiger partial charge is 0.180 e. The molecule has 2 aromatic heterocycles. The summed E-state index contributed by atoms with van der Waals surface area (Å²) in [6.45, 7) is 1.88. The third kappa shape index (κ3) is 3.54. The third-order valence-electron chi connectivity index (χ3n) is 2.53. The number of hydrogen-bond donors (Lipinski definition) is 1. The lowest BCUT2D eigenvalue weighted by Crippen LogP contribution is -2.20. The van der Waals surface area contributed by atoms with Gasteiger partial charge in [0, 0.05) is 43.7 Å². The summed E-state index contributed by atoms with van der Waals surface area (Å²) in [7, 11) is 4.03. The van der Waals surface area contributed by atoms with Gasteiger partial charge < -0.3 is 10.6 Å². The number of anilines is 1. The Morgan fingerprint density at radius 1 is 1.53 bits per heavy atom. The zero-order valence-corrected chi connectivity index (χ0v) is 10.9. The Hall–Kier alpha value is -1.40. The van der Waals surface area contributed by atoms with Crippen LogP contribution in [-0.4, -0.2) is 33.3 Å². The maximum Gasteiger partial charge on any atom is 0.180 e. The zero-order chi connectivity index (χ0) is 12.3. The summed E-state index contributed by atoms with van der Waals surface area (Å²) >= 11 is 1.50. The van der Waals surface area contributed by atoms with Gasteiger partial charge in [0.1, 0.15) is 0 Å². The predicted molar refractivity (Wildman–Crippen MR) is 69.8 cm³/mol. The van der Waals surface area contributed by atoms with Gasteiger partial charge in [-0.05, 0) is 7.05 Å². The molecule has 5 nitrogen and oxygen atoms in total. The highest BCUT2D eigenvalue weighted by molar-refractivity contribution is 7.13. The molecule has 0 fully saturated rings. The van der Waals surface area contributed by atoms with E-state index < -0.39 is 0 Å². The summed E-state index contributed by atoms with van der Waals surface area (Å²) in [6, 6.07) is 0. The maximum atomic E-state index is 5.59. The molecule has 17 heavy (non-hydrogen) atoms. The van der Waals surface area contributed by atoms with Crippen molar-refractivity contribution in [2.45, 2.75) is 13.0 Å². The van der Waals surface area contributed by atoms with Gasteiger partial charge in [-0.25, -0.2) is 4.98 Å². The van der Waals surface area contributed by atoms with E-state index in [9.17, 15) is 0 Å². The molecule has 0 atom stereocenters. The van der Waals surface area contributed by atoms with E-state index in [1.165, 1.54) is 16.9 Å². The lowest BCUT2D eigenvalue weighted by Gasteiger charge is -2.14.